The van der Waals surface area contributed by atoms with E-state index in [1.807, 2.05) is 13.8 Å². The Morgan fingerprint density at radius 1 is 1.38 bits per heavy atom. The van der Waals surface area contributed by atoms with Gasteiger partial charge in [0.25, 0.3) is 0 Å². The SMILES string of the molecule is COc1cc(C(C)Nc2nc(C)ns2)ccc1S(C)(=O)=O. The Hall–Kier alpha value is -1.67. The molecule has 0 aliphatic carbocycles. The molecular weight excluding hydrogens is 310 g/mol. The van der Waals surface area contributed by atoms with Crippen molar-refractivity contribution in [2.45, 2.75) is 24.8 Å². The van der Waals surface area contributed by atoms with E-state index in [9.17, 15) is 8.42 Å². The van der Waals surface area contributed by atoms with Crippen molar-refractivity contribution < 1.29 is 13.2 Å². The molecule has 1 unspecified atom stereocenters. The van der Waals surface area contributed by atoms with E-state index in [0.717, 1.165) is 22.8 Å². The van der Waals surface area contributed by atoms with Gasteiger partial charge < -0.3 is 10.1 Å². The number of benzene rings is 1. The number of aryl methyl sites for hydroxylation is 1. The second kappa shape index (κ2) is 5.98. The van der Waals surface area contributed by atoms with Crippen LogP contribution in [-0.2, 0) is 9.84 Å². The molecule has 8 heteroatoms. The highest BCUT2D eigenvalue weighted by atomic mass is 32.2. The van der Waals surface area contributed by atoms with Crippen molar-refractivity contribution in [1.29, 1.82) is 0 Å². The first-order chi connectivity index (χ1) is 9.81. The molecule has 2 aromatic rings. The van der Waals surface area contributed by atoms with Crippen molar-refractivity contribution in [2.24, 2.45) is 0 Å². The summed E-state index contributed by atoms with van der Waals surface area (Å²) in [5.74, 6) is 1.07. The van der Waals surface area contributed by atoms with E-state index in [0.29, 0.717) is 5.75 Å². The first-order valence-electron chi connectivity index (χ1n) is 6.26. The van der Waals surface area contributed by atoms with E-state index in [2.05, 4.69) is 14.7 Å². The number of hydrogen-bond donors (Lipinski definition) is 1. The van der Waals surface area contributed by atoms with Crippen molar-refractivity contribution in [3.8, 4) is 5.75 Å². The number of aromatic nitrogens is 2. The zero-order valence-corrected chi connectivity index (χ0v) is 13.9. The van der Waals surface area contributed by atoms with Crippen LogP contribution in [0.5, 0.6) is 5.75 Å². The molecule has 0 saturated carbocycles. The highest BCUT2D eigenvalue weighted by Gasteiger charge is 2.17. The highest BCUT2D eigenvalue weighted by Crippen LogP contribution is 2.29. The normalized spacial score (nSPS) is 13.0. The zero-order chi connectivity index (χ0) is 15.6. The van der Waals surface area contributed by atoms with E-state index in [1.54, 1.807) is 18.2 Å². The van der Waals surface area contributed by atoms with Crippen molar-refractivity contribution >= 4 is 26.5 Å². The van der Waals surface area contributed by atoms with E-state index in [1.165, 1.54) is 18.6 Å². The Bertz CT molecular complexity index is 741. The molecule has 1 heterocycles. The van der Waals surface area contributed by atoms with Gasteiger partial charge in [0.2, 0.25) is 5.13 Å². The molecule has 1 atom stereocenters. The van der Waals surface area contributed by atoms with E-state index in [-0.39, 0.29) is 10.9 Å². The predicted octanol–water partition coefficient (Wildman–Crippen LogP) is 2.43. The van der Waals surface area contributed by atoms with Crippen LogP contribution >= 0.6 is 11.5 Å². The summed E-state index contributed by atoms with van der Waals surface area (Å²) in [6.07, 6.45) is 1.16. The highest BCUT2D eigenvalue weighted by molar-refractivity contribution is 7.90. The summed E-state index contributed by atoms with van der Waals surface area (Å²) in [5, 5.41) is 3.96. The number of nitrogens with zero attached hydrogens (tertiary/aromatic N) is 2. The van der Waals surface area contributed by atoms with Crippen molar-refractivity contribution in [2.75, 3.05) is 18.7 Å². The first-order valence-corrected chi connectivity index (χ1v) is 8.92. The Morgan fingerprint density at radius 3 is 2.62 bits per heavy atom. The molecule has 0 aliphatic rings. The van der Waals surface area contributed by atoms with Gasteiger partial charge in [-0.2, -0.15) is 4.37 Å². The second-order valence-electron chi connectivity index (χ2n) is 4.70. The van der Waals surface area contributed by atoms with Crippen LogP contribution in [-0.4, -0.2) is 31.1 Å². The van der Waals surface area contributed by atoms with Gasteiger partial charge in [0, 0.05) is 17.8 Å². The number of rotatable bonds is 5. The largest absolute Gasteiger partial charge is 0.495 e. The quantitative estimate of drug-likeness (QED) is 0.908. The molecule has 0 spiro atoms. The van der Waals surface area contributed by atoms with Crippen LogP contribution in [0, 0.1) is 6.92 Å². The smallest absolute Gasteiger partial charge is 0.203 e. The summed E-state index contributed by atoms with van der Waals surface area (Å²) in [4.78, 5) is 4.43. The molecule has 0 saturated heterocycles. The summed E-state index contributed by atoms with van der Waals surface area (Å²) >= 11 is 1.29. The summed E-state index contributed by atoms with van der Waals surface area (Å²) < 4.78 is 32.6. The monoisotopic (exact) mass is 327 g/mol. The number of methoxy groups -OCH3 is 1. The third kappa shape index (κ3) is 3.70. The summed E-state index contributed by atoms with van der Waals surface area (Å²) in [7, 11) is -1.85. The summed E-state index contributed by atoms with van der Waals surface area (Å²) in [5.41, 5.74) is 0.909. The van der Waals surface area contributed by atoms with Gasteiger partial charge in [0.15, 0.2) is 9.84 Å². The third-order valence-electron chi connectivity index (χ3n) is 2.95. The molecule has 6 nitrogen and oxygen atoms in total. The predicted molar refractivity (Wildman–Crippen MR) is 82.8 cm³/mol. The molecule has 114 valence electrons. The molecule has 21 heavy (non-hydrogen) atoms. The number of hydrogen-bond acceptors (Lipinski definition) is 7. The number of nitrogens with one attached hydrogen (secondary N) is 1. The van der Waals surface area contributed by atoms with E-state index < -0.39 is 9.84 Å². The topological polar surface area (TPSA) is 81.2 Å². The molecule has 1 N–H and O–H groups in total. The van der Waals surface area contributed by atoms with Crippen LogP contribution in [0.3, 0.4) is 0 Å². The van der Waals surface area contributed by atoms with Gasteiger partial charge >= 0.3 is 0 Å². The minimum absolute atomic E-state index is 0.0418. The Balaban J connectivity index is 2.28. The third-order valence-corrected chi connectivity index (χ3v) is 4.83. The van der Waals surface area contributed by atoms with Crippen molar-refractivity contribution in [3.05, 3.63) is 29.6 Å². The van der Waals surface area contributed by atoms with Gasteiger partial charge in [0.1, 0.15) is 16.5 Å². The van der Waals surface area contributed by atoms with Crippen LogP contribution in [0.4, 0.5) is 5.13 Å². The maximum absolute atomic E-state index is 11.7. The van der Waals surface area contributed by atoms with Gasteiger partial charge in [0.05, 0.1) is 13.2 Å². The number of sulfone groups is 1. The lowest BCUT2D eigenvalue weighted by Gasteiger charge is -2.15. The van der Waals surface area contributed by atoms with Gasteiger partial charge in [-0.1, -0.05) is 6.07 Å². The fourth-order valence-electron chi connectivity index (χ4n) is 1.88. The van der Waals surface area contributed by atoms with Crippen molar-refractivity contribution in [1.82, 2.24) is 9.36 Å². The Kier molecular flexibility index (Phi) is 4.48. The summed E-state index contributed by atoms with van der Waals surface area (Å²) in [6, 6.07) is 5.01. The standard InChI is InChI=1S/C13H17N3O3S2/c1-8(14-13-15-9(2)16-20-13)10-5-6-12(21(4,17)18)11(7-10)19-3/h5-8H,1-4H3,(H,14,15,16). The minimum atomic E-state index is -3.31. The molecule has 1 aromatic carbocycles. The molecular formula is C13H17N3O3S2. The van der Waals surface area contributed by atoms with E-state index >= 15 is 0 Å². The Labute approximate surface area is 128 Å². The molecule has 0 radical (unpaired) electrons. The fraction of sp³-hybridized carbons (Fsp3) is 0.385. The minimum Gasteiger partial charge on any atom is -0.495 e. The Morgan fingerprint density at radius 2 is 2.10 bits per heavy atom. The van der Waals surface area contributed by atoms with Gasteiger partial charge in [-0.25, -0.2) is 13.4 Å². The maximum Gasteiger partial charge on any atom is 0.203 e. The lowest BCUT2D eigenvalue weighted by atomic mass is 10.1. The average molecular weight is 327 g/mol. The molecule has 0 bridgehead atoms. The van der Waals surface area contributed by atoms with Gasteiger partial charge in [-0.05, 0) is 31.5 Å². The average Bonchev–Trinajstić information content (AvgIpc) is 2.82. The molecule has 1 aromatic heterocycles. The lowest BCUT2D eigenvalue weighted by Crippen LogP contribution is -2.08. The van der Waals surface area contributed by atoms with Crippen LogP contribution < -0.4 is 10.1 Å². The van der Waals surface area contributed by atoms with Gasteiger partial charge in [-0.3, -0.25) is 0 Å². The van der Waals surface area contributed by atoms with E-state index in [4.69, 9.17) is 4.74 Å². The lowest BCUT2D eigenvalue weighted by molar-refractivity contribution is 0.402. The maximum atomic E-state index is 11.7. The molecule has 0 aliphatic heterocycles. The van der Waals surface area contributed by atoms with Gasteiger partial charge in [-0.15, -0.1) is 0 Å². The second-order valence-corrected chi connectivity index (χ2v) is 7.43. The molecule has 2 rings (SSSR count). The zero-order valence-electron chi connectivity index (χ0n) is 12.2. The number of ether oxygens (including phenoxy) is 1. The fourth-order valence-corrected chi connectivity index (χ4v) is 3.37. The van der Waals surface area contributed by atoms with Crippen molar-refractivity contribution in [3.63, 3.8) is 0 Å². The molecule has 0 fully saturated rings. The summed E-state index contributed by atoms with van der Waals surface area (Å²) in [6.45, 7) is 3.79. The van der Waals surface area contributed by atoms with Crippen LogP contribution in [0.2, 0.25) is 0 Å². The van der Waals surface area contributed by atoms with Crippen LogP contribution in [0.25, 0.3) is 0 Å². The van der Waals surface area contributed by atoms with Crippen LogP contribution in [0.15, 0.2) is 23.1 Å². The van der Waals surface area contributed by atoms with Crippen LogP contribution in [0.1, 0.15) is 24.4 Å². The molecule has 0 amide bonds. The number of anilines is 1. The first kappa shape index (κ1) is 15.7.